The van der Waals surface area contributed by atoms with Crippen LogP contribution < -0.4 is 0 Å². The van der Waals surface area contributed by atoms with Crippen LogP contribution in [0.3, 0.4) is 0 Å². The van der Waals surface area contributed by atoms with Crippen LogP contribution in [0.25, 0.3) is 0 Å². The Morgan fingerprint density at radius 2 is 1.00 bits per heavy atom. The molecule has 0 bridgehead atoms. The first-order valence-electron chi connectivity index (χ1n) is 0.565. The minimum absolute atomic E-state index is 0. The van der Waals surface area contributed by atoms with Gasteiger partial charge in [-0.15, -0.1) is 10.1 Å². The first-order chi connectivity index (χ1) is 1.73. The number of nitrogens with zero attached hydrogens (tertiary/aromatic N) is 1. The summed E-state index contributed by atoms with van der Waals surface area (Å²) in [5.74, 6) is 0. The molecule has 11 N–H and O–H groups in total. The Morgan fingerprint density at radius 3 is 1.00 bits per heavy atom. The summed E-state index contributed by atoms with van der Waals surface area (Å²) >= 11 is 0. The molecule has 0 fully saturated rings. The number of hydrogen-bond donors (Lipinski definition) is 1. The van der Waals surface area contributed by atoms with E-state index in [1.165, 1.54) is 0 Å². The molecule has 0 spiro atoms. The molecular weight excluding hydrogens is 307 g/mol. The van der Waals surface area contributed by atoms with Gasteiger partial charge in [0, 0.05) is 37.7 Å². The Hall–Kier alpha value is 0.260. The van der Waals surface area contributed by atoms with Crippen molar-refractivity contribution in [2.45, 2.75) is 0 Å². The molecule has 9 nitrogen and oxygen atoms in total. The van der Waals surface area contributed by atoms with Gasteiger partial charge in [0.25, 0.3) is 5.09 Å². The van der Waals surface area contributed by atoms with Gasteiger partial charge in [0.1, 0.15) is 0 Å². The molecule has 10 heteroatoms. The van der Waals surface area contributed by atoms with Crippen molar-refractivity contribution in [2.75, 3.05) is 0 Å². The van der Waals surface area contributed by atoms with Crippen LogP contribution in [0.2, 0.25) is 0 Å². The van der Waals surface area contributed by atoms with Crippen LogP contribution in [-0.4, -0.2) is 37.7 Å². The van der Waals surface area contributed by atoms with Crippen molar-refractivity contribution < 1.29 is 75.4 Å². The van der Waals surface area contributed by atoms with E-state index >= 15 is 0 Å². The predicted octanol–water partition coefficient (Wildman–Crippen LogP) is -4.47. The van der Waals surface area contributed by atoms with E-state index in [1.807, 2.05) is 0 Å². The molecule has 0 amide bonds. The van der Waals surface area contributed by atoms with Gasteiger partial charge >= 0.3 is 0 Å². The Bertz CT molecular complexity index is 32.2. The largest absolute Gasteiger partial charge is 0.412 e. The third-order valence-electron chi connectivity index (χ3n) is 0. The zero-order valence-corrected chi connectivity index (χ0v) is 6.45. The summed E-state index contributed by atoms with van der Waals surface area (Å²) in [7, 11) is 0. The quantitative estimate of drug-likeness (QED) is 0.265. The maximum Gasteiger partial charge on any atom is 0.291 e. The fourth-order valence-electron chi connectivity index (χ4n) is 0. The van der Waals surface area contributed by atoms with Crippen LogP contribution in [0.4, 0.5) is 0 Å². The van der Waals surface area contributed by atoms with Crippen LogP contribution in [0, 0.1) is 47.9 Å². The summed E-state index contributed by atoms with van der Waals surface area (Å²) in [4.78, 5) is 8.36. The molecular formula is H11HoNO8. The van der Waals surface area contributed by atoms with Crippen molar-refractivity contribution in [3.05, 3.63) is 10.1 Å². The molecule has 0 aliphatic rings. The van der Waals surface area contributed by atoms with Gasteiger partial charge in [-0.1, -0.05) is 0 Å². The third kappa shape index (κ3) is 6450. The Balaban J connectivity index is -0.00000000300. The second-order valence-corrected chi connectivity index (χ2v) is 0.238. The maximum absolute atomic E-state index is 8.36. The van der Waals surface area contributed by atoms with Crippen molar-refractivity contribution in [1.82, 2.24) is 0 Å². The summed E-state index contributed by atoms with van der Waals surface area (Å²) in [5, 5.41) is 13.6. The van der Waals surface area contributed by atoms with E-state index in [2.05, 4.69) is 0 Å². The minimum atomic E-state index is -1.50. The molecule has 0 aromatic rings. The van der Waals surface area contributed by atoms with Crippen molar-refractivity contribution in [1.29, 1.82) is 0 Å². The average Bonchev–Trinajstić information content (AvgIpc) is 0.811. The van der Waals surface area contributed by atoms with Crippen molar-refractivity contribution in [3.63, 3.8) is 0 Å². The van der Waals surface area contributed by atoms with Crippen molar-refractivity contribution in [2.24, 2.45) is 0 Å². The summed E-state index contributed by atoms with van der Waals surface area (Å²) in [6, 6.07) is 0. The summed E-state index contributed by atoms with van der Waals surface area (Å²) in [6.45, 7) is 0. The molecule has 0 aliphatic heterocycles. The summed E-state index contributed by atoms with van der Waals surface area (Å²) in [6.07, 6.45) is 0. The fraction of sp³-hybridized carbons (Fsp3) is 0. The van der Waals surface area contributed by atoms with Crippen molar-refractivity contribution in [3.8, 4) is 0 Å². The number of hydrogen-bond acceptors (Lipinski definition) is 2. The molecule has 0 unspecified atom stereocenters. The average molecular weight is 318 g/mol. The zero-order valence-electron chi connectivity index (χ0n) is 4.51. The molecule has 0 aromatic heterocycles. The van der Waals surface area contributed by atoms with Gasteiger partial charge in [-0.3, -0.25) is 0 Å². The molecule has 0 heterocycles. The van der Waals surface area contributed by atoms with E-state index in [0.29, 0.717) is 0 Å². The van der Waals surface area contributed by atoms with Crippen LogP contribution in [0.1, 0.15) is 0 Å². The Morgan fingerprint density at radius 1 is 1.00 bits per heavy atom. The van der Waals surface area contributed by atoms with Gasteiger partial charge in [-0.05, 0) is 0 Å². The van der Waals surface area contributed by atoms with Gasteiger partial charge in [0.2, 0.25) is 0 Å². The molecule has 75 valence electrons. The predicted molar refractivity (Wildman–Crippen MR) is 26.8 cm³/mol. The van der Waals surface area contributed by atoms with E-state index in [-0.39, 0.29) is 65.1 Å². The van der Waals surface area contributed by atoms with Crippen molar-refractivity contribution >= 4 is 0 Å². The Labute approximate surface area is 85.3 Å². The maximum atomic E-state index is 8.36. The van der Waals surface area contributed by atoms with Gasteiger partial charge < -0.3 is 32.6 Å². The van der Waals surface area contributed by atoms with E-state index in [4.69, 9.17) is 15.3 Å². The van der Waals surface area contributed by atoms with E-state index < -0.39 is 5.09 Å². The van der Waals surface area contributed by atoms with Crippen LogP contribution in [0.15, 0.2) is 0 Å². The zero-order chi connectivity index (χ0) is 3.58. The van der Waals surface area contributed by atoms with Gasteiger partial charge in [0.05, 0.1) is 0 Å². The summed E-state index contributed by atoms with van der Waals surface area (Å²) < 4.78 is 0. The molecule has 0 rings (SSSR count). The van der Waals surface area contributed by atoms with E-state index in [1.54, 1.807) is 0 Å². The molecule has 0 atom stereocenters. The van der Waals surface area contributed by atoms with Gasteiger partial charge in [0.15, 0.2) is 0 Å². The second kappa shape index (κ2) is 59.5. The topological polar surface area (TPSA) is 221 Å². The molecule has 0 aromatic carbocycles. The first-order valence-corrected chi connectivity index (χ1v) is 0.565. The second-order valence-electron chi connectivity index (χ2n) is 0.238. The van der Waals surface area contributed by atoms with Gasteiger partial charge in [-0.25, -0.2) is 0 Å². The Kier molecular flexibility index (Phi) is 492. The molecule has 0 saturated carbocycles. The smallest absolute Gasteiger partial charge is 0.291 e. The molecule has 0 saturated heterocycles. The third-order valence-corrected chi connectivity index (χ3v) is 0. The number of rotatable bonds is 0. The van der Waals surface area contributed by atoms with Crippen LogP contribution in [-0.2, 0) is 0 Å². The monoisotopic (exact) mass is 318 g/mol. The standard InChI is InChI=1S/Ho.HNO3.5H2O/c;2-1(3)4;;;;;/h;(H,2,3,4);5*1H2. The molecule has 10 heavy (non-hydrogen) atoms. The van der Waals surface area contributed by atoms with Gasteiger partial charge in [-0.2, -0.15) is 0 Å². The summed E-state index contributed by atoms with van der Waals surface area (Å²) in [5.41, 5.74) is 0. The minimum Gasteiger partial charge on any atom is -0.412 e. The van der Waals surface area contributed by atoms with Crippen LogP contribution >= 0.6 is 0 Å². The molecule has 1 radical (unpaired) electrons. The normalized spacial score (nSPS) is 2.40. The van der Waals surface area contributed by atoms with E-state index in [9.17, 15) is 0 Å². The van der Waals surface area contributed by atoms with E-state index in [0.717, 1.165) is 0 Å². The molecule has 0 aliphatic carbocycles. The first kappa shape index (κ1) is 82.8. The SMILES string of the molecule is O.O.O.O.O.O=[N+]([O-])O.[Ho]. The van der Waals surface area contributed by atoms with Crippen LogP contribution in [0.5, 0.6) is 0 Å². The fourth-order valence-corrected chi connectivity index (χ4v) is 0.